The van der Waals surface area contributed by atoms with Crippen LogP contribution in [-0.2, 0) is 0 Å². The lowest BCUT2D eigenvalue weighted by molar-refractivity contribution is 0.386. The Morgan fingerprint density at radius 3 is 2.60 bits per heavy atom. The van der Waals surface area contributed by atoms with Gasteiger partial charge in [0, 0.05) is 5.56 Å². The molecule has 100 valence electrons. The summed E-state index contributed by atoms with van der Waals surface area (Å²) in [5, 5.41) is 0. The van der Waals surface area contributed by atoms with Gasteiger partial charge < -0.3 is 4.74 Å². The van der Waals surface area contributed by atoms with Crippen molar-refractivity contribution in [2.75, 3.05) is 13.7 Å². The number of halogens is 1. The van der Waals surface area contributed by atoms with Gasteiger partial charge in [-0.1, -0.05) is 30.3 Å². The van der Waals surface area contributed by atoms with Crippen molar-refractivity contribution < 1.29 is 9.13 Å². The van der Waals surface area contributed by atoms with Gasteiger partial charge in [0.25, 0.3) is 0 Å². The Kier molecular flexibility index (Phi) is 3.33. The smallest absolute Gasteiger partial charge is 0.165 e. The molecule has 20 heavy (non-hydrogen) atoms. The first-order chi connectivity index (χ1) is 9.78. The molecule has 1 aliphatic rings. The second kappa shape index (κ2) is 5.29. The highest BCUT2D eigenvalue weighted by Crippen LogP contribution is 2.24. The van der Waals surface area contributed by atoms with Gasteiger partial charge >= 0.3 is 0 Å². The van der Waals surface area contributed by atoms with Crippen LogP contribution in [0.1, 0.15) is 11.1 Å². The fraction of sp³-hybridized carbons (Fsp3) is 0.118. The van der Waals surface area contributed by atoms with Crippen LogP contribution in [0.5, 0.6) is 5.75 Å². The topological polar surface area (TPSA) is 21.6 Å². The lowest BCUT2D eigenvalue weighted by atomic mass is 10.0. The molecule has 0 saturated carbocycles. The molecule has 0 bridgehead atoms. The van der Waals surface area contributed by atoms with Crippen LogP contribution >= 0.6 is 0 Å². The molecular weight excluding hydrogens is 253 g/mol. The van der Waals surface area contributed by atoms with E-state index in [2.05, 4.69) is 17.1 Å². The van der Waals surface area contributed by atoms with Crippen LogP contribution in [0.2, 0.25) is 0 Å². The molecule has 0 fully saturated rings. The Morgan fingerprint density at radius 1 is 1.05 bits per heavy atom. The summed E-state index contributed by atoms with van der Waals surface area (Å²) in [7, 11) is 1.46. The highest BCUT2D eigenvalue weighted by molar-refractivity contribution is 6.15. The number of ether oxygens (including phenoxy) is 1. The van der Waals surface area contributed by atoms with Gasteiger partial charge in [-0.05, 0) is 35.4 Å². The molecule has 0 amide bonds. The average molecular weight is 267 g/mol. The SMILES string of the molecule is COc1cc(C2=NCC(c3ccccc3)=C2)ccc1F. The van der Waals surface area contributed by atoms with Gasteiger partial charge in [-0.15, -0.1) is 0 Å². The minimum absolute atomic E-state index is 0.242. The number of rotatable bonds is 3. The van der Waals surface area contributed by atoms with E-state index >= 15 is 0 Å². The van der Waals surface area contributed by atoms with E-state index in [0.717, 1.165) is 11.3 Å². The first kappa shape index (κ1) is 12.6. The first-order valence-electron chi connectivity index (χ1n) is 6.42. The third kappa shape index (κ3) is 2.35. The third-order valence-corrected chi connectivity index (χ3v) is 3.32. The van der Waals surface area contributed by atoms with Crippen molar-refractivity contribution in [2.24, 2.45) is 4.99 Å². The number of methoxy groups -OCH3 is 1. The van der Waals surface area contributed by atoms with Crippen LogP contribution < -0.4 is 4.74 Å². The lowest BCUT2D eigenvalue weighted by Crippen LogP contribution is -1.97. The predicted octanol–water partition coefficient (Wildman–Crippen LogP) is 3.72. The zero-order valence-corrected chi connectivity index (χ0v) is 11.1. The Balaban J connectivity index is 1.91. The van der Waals surface area contributed by atoms with Crippen LogP contribution in [0.4, 0.5) is 4.39 Å². The quantitative estimate of drug-likeness (QED) is 0.830. The Hall–Kier alpha value is -2.42. The number of hydrogen-bond acceptors (Lipinski definition) is 2. The van der Waals surface area contributed by atoms with E-state index in [4.69, 9.17) is 4.74 Å². The lowest BCUT2D eigenvalue weighted by Gasteiger charge is -2.04. The van der Waals surface area contributed by atoms with Gasteiger partial charge in [0.2, 0.25) is 0 Å². The Labute approximate surface area is 117 Å². The van der Waals surface area contributed by atoms with E-state index in [1.54, 1.807) is 12.1 Å². The Bertz CT molecular complexity index is 689. The maximum atomic E-state index is 13.4. The van der Waals surface area contributed by atoms with Crippen molar-refractivity contribution in [3.8, 4) is 5.75 Å². The van der Waals surface area contributed by atoms with Gasteiger partial charge in [0.15, 0.2) is 11.6 Å². The number of aliphatic imine (C=N–C) groups is 1. The molecule has 0 saturated heterocycles. The summed E-state index contributed by atoms with van der Waals surface area (Å²) in [6.45, 7) is 0.652. The molecule has 1 heterocycles. The van der Waals surface area contributed by atoms with E-state index in [1.165, 1.54) is 24.3 Å². The van der Waals surface area contributed by atoms with Gasteiger partial charge in [0.1, 0.15) is 0 Å². The normalized spacial score (nSPS) is 13.9. The molecule has 0 spiro atoms. The molecule has 3 heteroatoms. The van der Waals surface area contributed by atoms with Gasteiger partial charge in [-0.2, -0.15) is 0 Å². The van der Waals surface area contributed by atoms with Crippen LogP contribution in [0, 0.1) is 5.82 Å². The van der Waals surface area contributed by atoms with Crippen LogP contribution in [0.3, 0.4) is 0 Å². The molecule has 0 atom stereocenters. The molecule has 3 rings (SSSR count). The van der Waals surface area contributed by atoms with E-state index < -0.39 is 0 Å². The summed E-state index contributed by atoms with van der Waals surface area (Å²) >= 11 is 0. The highest BCUT2D eigenvalue weighted by Gasteiger charge is 2.13. The third-order valence-electron chi connectivity index (χ3n) is 3.32. The van der Waals surface area contributed by atoms with Gasteiger partial charge in [-0.3, -0.25) is 4.99 Å². The van der Waals surface area contributed by atoms with Crippen LogP contribution in [0.15, 0.2) is 59.6 Å². The van der Waals surface area contributed by atoms with Crippen molar-refractivity contribution in [3.05, 3.63) is 71.6 Å². The first-order valence-corrected chi connectivity index (χ1v) is 6.42. The van der Waals surface area contributed by atoms with E-state index in [9.17, 15) is 4.39 Å². The second-order valence-electron chi connectivity index (χ2n) is 4.59. The summed E-state index contributed by atoms with van der Waals surface area (Å²) in [4.78, 5) is 4.51. The molecule has 0 unspecified atom stereocenters. The molecule has 0 aliphatic carbocycles. The van der Waals surface area contributed by atoms with E-state index in [-0.39, 0.29) is 11.6 Å². The summed E-state index contributed by atoms with van der Waals surface area (Å²) in [5.41, 5.74) is 4.07. The van der Waals surface area contributed by atoms with Crippen LogP contribution in [0.25, 0.3) is 5.57 Å². The van der Waals surface area contributed by atoms with Crippen molar-refractivity contribution in [2.45, 2.75) is 0 Å². The number of nitrogens with zero attached hydrogens (tertiary/aromatic N) is 1. The van der Waals surface area contributed by atoms with Crippen molar-refractivity contribution in [1.82, 2.24) is 0 Å². The maximum absolute atomic E-state index is 13.4. The second-order valence-corrected chi connectivity index (χ2v) is 4.59. The zero-order valence-electron chi connectivity index (χ0n) is 11.1. The Morgan fingerprint density at radius 2 is 1.85 bits per heavy atom. The standard InChI is InChI=1S/C17H14FNO/c1-20-17-10-13(7-8-15(17)18)16-9-14(11-19-16)12-5-3-2-4-6-12/h2-10H,11H2,1H3. The van der Waals surface area contributed by atoms with Crippen molar-refractivity contribution >= 4 is 11.3 Å². The average Bonchev–Trinajstić information content (AvgIpc) is 2.98. The van der Waals surface area contributed by atoms with Crippen molar-refractivity contribution in [3.63, 3.8) is 0 Å². The maximum Gasteiger partial charge on any atom is 0.165 e. The molecule has 1 aliphatic heterocycles. The number of allylic oxidation sites excluding steroid dienone is 1. The molecule has 2 aromatic carbocycles. The summed E-state index contributed by atoms with van der Waals surface area (Å²) < 4.78 is 18.4. The summed E-state index contributed by atoms with van der Waals surface area (Å²) in [6.07, 6.45) is 2.04. The van der Waals surface area contributed by atoms with Gasteiger partial charge in [0.05, 0.1) is 19.4 Å². The van der Waals surface area contributed by atoms with Gasteiger partial charge in [-0.25, -0.2) is 4.39 Å². The van der Waals surface area contributed by atoms with E-state index in [1.807, 2.05) is 24.3 Å². The van der Waals surface area contributed by atoms with Crippen molar-refractivity contribution in [1.29, 1.82) is 0 Å². The zero-order chi connectivity index (χ0) is 13.9. The summed E-state index contributed by atoms with van der Waals surface area (Å²) in [5.74, 6) is -0.117. The van der Waals surface area contributed by atoms with Crippen LogP contribution in [-0.4, -0.2) is 19.4 Å². The molecule has 0 N–H and O–H groups in total. The minimum Gasteiger partial charge on any atom is -0.494 e. The highest BCUT2D eigenvalue weighted by atomic mass is 19.1. The largest absolute Gasteiger partial charge is 0.494 e. The summed E-state index contributed by atoms with van der Waals surface area (Å²) in [6, 6.07) is 15.0. The predicted molar refractivity (Wildman–Crippen MR) is 78.8 cm³/mol. The molecule has 2 aromatic rings. The molecular formula is C17H14FNO. The molecule has 0 aromatic heterocycles. The number of benzene rings is 2. The number of hydrogen-bond donors (Lipinski definition) is 0. The van der Waals surface area contributed by atoms with E-state index in [0.29, 0.717) is 6.54 Å². The molecule has 0 radical (unpaired) electrons. The fourth-order valence-corrected chi connectivity index (χ4v) is 2.25. The monoisotopic (exact) mass is 267 g/mol. The minimum atomic E-state index is -0.359. The molecule has 2 nitrogen and oxygen atoms in total. The fourth-order valence-electron chi connectivity index (χ4n) is 2.25.